The number of aryl methyl sites for hydroxylation is 2. The van der Waals surface area contributed by atoms with Gasteiger partial charge >= 0.3 is 0 Å². The summed E-state index contributed by atoms with van der Waals surface area (Å²) in [4.78, 5) is 19.7. The fraction of sp³-hybridized carbons (Fsp3) is 0.120. The van der Waals surface area contributed by atoms with Gasteiger partial charge in [0.15, 0.2) is 5.13 Å². The second-order valence-electron chi connectivity index (χ2n) is 7.08. The molecule has 0 spiro atoms. The fourth-order valence-corrected chi connectivity index (χ4v) is 4.45. The second kappa shape index (κ2) is 8.41. The van der Waals surface area contributed by atoms with Crippen LogP contribution in [0.25, 0.3) is 16.3 Å². The molecule has 4 rings (SSSR count). The van der Waals surface area contributed by atoms with Crippen molar-refractivity contribution in [3.8, 4) is 0 Å². The minimum Gasteiger partial charge on any atom is -0.280 e. The highest BCUT2D eigenvalue weighted by molar-refractivity contribution is 7.22. The zero-order valence-corrected chi connectivity index (χ0v) is 17.3. The third kappa shape index (κ3) is 4.44. The van der Waals surface area contributed by atoms with Crippen molar-refractivity contribution >= 4 is 38.7 Å². The molecule has 4 aromatic rings. The molecule has 144 valence electrons. The average Bonchev–Trinajstić information content (AvgIpc) is 3.16. The van der Waals surface area contributed by atoms with Crippen molar-refractivity contribution in [2.45, 2.75) is 20.4 Å². The number of nitrogens with zero attached hydrogens (tertiary/aromatic N) is 2. The van der Waals surface area contributed by atoms with Gasteiger partial charge in [-0.05, 0) is 48.2 Å². The summed E-state index contributed by atoms with van der Waals surface area (Å²) in [6, 6.07) is 24.1. The lowest BCUT2D eigenvalue weighted by molar-refractivity contribution is -0.114. The summed E-state index contributed by atoms with van der Waals surface area (Å²) in [6.45, 7) is 4.63. The first kappa shape index (κ1) is 19.1. The van der Waals surface area contributed by atoms with Crippen molar-refractivity contribution in [1.29, 1.82) is 0 Å². The number of hydrogen-bond donors (Lipinski definition) is 0. The molecule has 0 atom stereocenters. The van der Waals surface area contributed by atoms with Crippen LogP contribution in [0.1, 0.15) is 22.3 Å². The van der Waals surface area contributed by atoms with Gasteiger partial charge in [0, 0.05) is 6.08 Å². The van der Waals surface area contributed by atoms with E-state index in [1.807, 2.05) is 66.7 Å². The van der Waals surface area contributed by atoms with Crippen LogP contribution in [0.4, 0.5) is 5.13 Å². The van der Waals surface area contributed by atoms with Crippen molar-refractivity contribution in [2.24, 2.45) is 0 Å². The Kier molecular flexibility index (Phi) is 5.54. The normalized spacial score (nSPS) is 11.2. The minimum atomic E-state index is -0.0777. The highest BCUT2D eigenvalue weighted by Gasteiger charge is 2.19. The highest BCUT2D eigenvalue weighted by atomic mass is 32.1. The van der Waals surface area contributed by atoms with E-state index in [9.17, 15) is 4.79 Å². The van der Waals surface area contributed by atoms with Crippen LogP contribution in [-0.2, 0) is 11.3 Å². The van der Waals surface area contributed by atoms with Crippen LogP contribution in [0, 0.1) is 13.8 Å². The first-order valence-electron chi connectivity index (χ1n) is 9.56. The molecule has 4 heteroatoms. The van der Waals surface area contributed by atoms with E-state index in [0.29, 0.717) is 6.54 Å². The molecule has 1 amide bonds. The lowest BCUT2D eigenvalue weighted by Gasteiger charge is -2.18. The number of hydrogen-bond acceptors (Lipinski definition) is 3. The smallest absolute Gasteiger partial charge is 0.253 e. The minimum absolute atomic E-state index is 0.0777. The second-order valence-corrected chi connectivity index (χ2v) is 8.09. The molecule has 0 aliphatic rings. The maximum absolute atomic E-state index is 13.2. The monoisotopic (exact) mass is 398 g/mol. The standard InChI is InChI=1S/C25H22N2OS/c1-18-15-19(2)24-22(16-18)29-25(26-24)27(17-21-11-7-4-8-12-21)23(28)14-13-20-9-5-3-6-10-20/h3-16H,17H2,1-2H3/b14-13+. The van der Waals surface area contributed by atoms with E-state index in [1.54, 1.807) is 22.3 Å². The molecule has 0 unspecified atom stereocenters. The van der Waals surface area contributed by atoms with E-state index in [0.717, 1.165) is 32.0 Å². The van der Waals surface area contributed by atoms with Gasteiger partial charge in [0.1, 0.15) is 0 Å². The van der Waals surface area contributed by atoms with Crippen LogP contribution in [0.5, 0.6) is 0 Å². The van der Waals surface area contributed by atoms with Gasteiger partial charge in [-0.2, -0.15) is 0 Å². The first-order valence-corrected chi connectivity index (χ1v) is 10.4. The van der Waals surface area contributed by atoms with Gasteiger partial charge < -0.3 is 0 Å². The molecule has 0 aliphatic carbocycles. The van der Waals surface area contributed by atoms with Gasteiger partial charge in [0.25, 0.3) is 5.91 Å². The maximum Gasteiger partial charge on any atom is 0.253 e. The summed E-state index contributed by atoms with van der Waals surface area (Å²) in [6.07, 6.45) is 3.48. The van der Waals surface area contributed by atoms with Crippen LogP contribution >= 0.6 is 11.3 Å². The van der Waals surface area contributed by atoms with E-state index in [4.69, 9.17) is 4.98 Å². The molecule has 1 heterocycles. The van der Waals surface area contributed by atoms with Crippen LogP contribution in [0.3, 0.4) is 0 Å². The number of thiazole rings is 1. The number of benzene rings is 3. The van der Waals surface area contributed by atoms with Gasteiger partial charge in [-0.3, -0.25) is 9.69 Å². The van der Waals surface area contributed by atoms with Crippen molar-refractivity contribution in [1.82, 2.24) is 4.98 Å². The summed E-state index contributed by atoms with van der Waals surface area (Å²) in [5.41, 5.74) is 5.37. The summed E-state index contributed by atoms with van der Waals surface area (Å²) in [5, 5.41) is 0.722. The SMILES string of the molecule is Cc1cc(C)c2nc(N(Cc3ccccc3)C(=O)/C=C/c3ccccc3)sc2c1. The molecule has 3 nitrogen and oxygen atoms in total. The van der Waals surface area contributed by atoms with Crippen molar-refractivity contribution in [2.75, 3.05) is 4.90 Å². The van der Waals surface area contributed by atoms with E-state index in [2.05, 4.69) is 26.0 Å². The van der Waals surface area contributed by atoms with Crippen molar-refractivity contribution in [3.05, 3.63) is 101 Å². The number of carbonyl (C=O) groups is 1. The lowest BCUT2D eigenvalue weighted by atomic mass is 10.1. The molecule has 0 saturated carbocycles. The Labute approximate surface area is 175 Å². The van der Waals surface area contributed by atoms with Gasteiger partial charge in [0.2, 0.25) is 0 Å². The molecule has 0 saturated heterocycles. The number of fused-ring (bicyclic) bond motifs is 1. The molecule has 0 bridgehead atoms. The quantitative estimate of drug-likeness (QED) is 0.377. The summed E-state index contributed by atoms with van der Waals surface area (Å²) in [5.74, 6) is -0.0777. The molecule has 0 N–H and O–H groups in total. The van der Waals surface area contributed by atoms with Crippen molar-refractivity contribution < 1.29 is 4.79 Å². The van der Waals surface area contributed by atoms with Crippen molar-refractivity contribution in [3.63, 3.8) is 0 Å². The van der Waals surface area contributed by atoms with Crippen LogP contribution in [0.15, 0.2) is 78.9 Å². The highest BCUT2D eigenvalue weighted by Crippen LogP contribution is 2.32. The number of anilines is 1. The van der Waals surface area contributed by atoms with E-state index >= 15 is 0 Å². The maximum atomic E-state index is 13.2. The van der Waals surface area contributed by atoms with Crippen LogP contribution in [-0.4, -0.2) is 10.9 Å². The van der Waals surface area contributed by atoms with E-state index in [1.165, 1.54) is 5.56 Å². The molecule has 1 aromatic heterocycles. The molecule has 29 heavy (non-hydrogen) atoms. The Hall–Kier alpha value is -3.24. The molecule has 0 fully saturated rings. The van der Waals surface area contributed by atoms with E-state index in [-0.39, 0.29) is 5.91 Å². The molecule has 3 aromatic carbocycles. The number of rotatable bonds is 5. The zero-order chi connectivity index (χ0) is 20.2. The Balaban J connectivity index is 1.71. The number of aromatic nitrogens is 1. The number of amides is 1. The molecular weight excluding hydrogens is 376 g/mol. The third-order valence-corrected chi connectivity index (χ3v) is 5.74. The van der Waals surface area contributed by atoms with E-state index < -0.39 is 0 Å². The van der Waals surface area contributed by atoms with Crippen LogP contribution < -0.4 is 4.90 Å². The predicted molar refractivity (Wildman–Crippen MR) is 122 cm³/mol. The van der Waals surface area contributed by atoms with Gasteiger partial charge in [-0.15, -0.1) is 0 Å². The molecule has 0 radical (unpaired) electrons. The number of carbonyl (C=O) groups excluding carboxylic acids is 1. The van der Waals surface area contributed by atoms with Gasteiger partial charge in [0.05, 0.1) is 16.8 Å². The zero-order valence-electron chi connectivity index (χ0n) is 16.5. The average molecular weight is 399 g/mol. The van der Waals surface area contributed by atoms with Crippen LogP contribution in [0.2, 0.25) is 0 Å². The first-order chi connectivity index (χ1) is 14.1. The van der Waals surface area contributed by atoms with Gasteiger partial charge in [-0.1, -0.05) is 78.1 Å². The fourth-order valence-electron chi connectivity index (χ4n) is 3.30. The molecule has 0 aliphatic heterocycles. The predicted octanol–water partition coefficient (Wildman–Crippen LogP) is 6.16. The molecular formula is C25H22N2OS. The largest absolute Gasteiger partial charge is 0.280 e. The Morgan fingerprint density at radius 3 is 2.41 bits per heavy atom. The Bertz CT molecular complexity index is 1160. The summed E-state index contributed by atoms with van der Waals surface area (Å²) >= 11 is 1.56. The van der Waals surface area contributed by atoms with Gasteiger partial charge in [-0.25, -0.2) is 4.98 Å². The Morgan fingerprint density at radius 1 is 1.00 bits per heavy atom. The topological polar surface area (TPSA) is 33.2 Å². The lowest BCUT2D eigenvalue weighted by Crippen LogP contribution is -2.28. The Morgan fingerprint density at radius 2 is 1.69 bits per heavy atom. The summed E-state index contributed by atoms with van der Waals surface area (Å²) in [7, 11) is 0. The third-order valence-electron chi connectivity index (χ3n) is 4.72. The summed E-state index contributed by atoms with van der Waals surface area (Å²) < 4.78 is 1.11.